The summed E-state index contributed by atoms with van der Waals surface area (Å²) in [5.74, 6) is -0.243. The van der Waals surface area contributed by atoms with Crippen LogP contribution in [0.4, 0.5) is 0 Å². The number of carbonyl (C=O) groups excluding carboxylic acids is 2. The van der Waals surface area contributed by atoms with E-state index in [1.807, 2.05) is 10.8 Å². The molecule has 8 heteroatoms. The number of aromatic nitrogens is 2. The molecule has 1 aromatic heterocycles. The summed E-state index contributed by atoms with van der Waals surface area (Å²) in [6, 6.07) is 6.45. The van der Waals surface area contributed by atoms with Crippen molar-refractivity contribution in [2.45, 2.75) is 38.0 Å². The quantitative estimate of drug-likeness (QED) is 0.586. The van der Waals surface area contributed by atoms with E-state index >= 15 is 0 Å². The largest absolute Gasteiger partial charge is 0.496 e. The summed E-state index contributed by atoms with van der Waals surface area (Å²) in [7, 11) is 1.50. The van der Waals surface area contributed by atoms with Gasteiger partial charge in [-0.05, 0) is 31.4 Å². The van der Waals surface area contributed by atoms with Gasteiger partial charge in [-0.2, -0.15) is 0 Å². The molecule has 2 aromatic rings. The maximum absolute atomic E-state index is 12.5. The van der Waals surface area contributed by atoms with E-state index in [2.05, 4.69) is 15.6 Å². The lowest BCUT2D eigenvalue weighted by Crippen LogP contribution is -2.40. The van der Waals surface area contributed by atoms with E-state index in [-0.39, 0.29) is 17.7 Å². The number of para-hydroxylation sites is 1. The van der Waals surface area contributed by atoms with Crippen LogP contribution in [0.3, 0.4) is 0 Å². The summed E-state index contributed by atoms with van der Waals surface area (Å²) in [6.07, 6.45) is 6.14. The van der Waals surface area contributed by atoms with Crippen molar-refractivity contribution in [1.82, 2.24) is 20.2 Å². The highest BCUT2D eigenvalue weighted by Gasteiger charge is 2.37. The van der Waals surface area contributed by atoms with Gasteiger partial charge < -0.3 is 25.0 Å². The lowest BCUT2D eigenvalue weighted by molar-refractivity contribution is -0.125. The van der Waals surface area contributed by atoms with Crippen molar-refractivity contribution < 1.29 is 19.4 Å². The molecule has 1 aliphatic carbocycles. The molecule has 3 rings (SSSR count). The Hall–Kier alpha value is -2.87. The molecule has 1 aromatic carbocycles. The monoisotopic (exact) mass is 386 g/mol. The standard InChI is InChI=1S/C20H26N4O4/c1-28-18-6-3-2-5-15(18)20(27)23-16-11-14(12-17(16)25)19(26)22-7-4-9-24-10-8-21-13-24/h2-3,5-6,8,10,13-14,16-17,25H,4,7,9,11-12H2,1H3,(H,22,26)(H,23,27)/t14-,16-,17-/m0/s1. The van der Waals surface area contributed by atoms with Gasteiger partial charge in [0.15, 0.2) is 0 Å². The van der Waals surface area contributed by atoms with Crippen LogP contribution in [0.2, 0.25) is 0 Å². The molecule has 0 unspecified atom stereocenters. The Kier molecular flexibility index (Phi) is 6.65. The number of methoxy groups -OCH3 is 1. The third-order valence-electron chi connectivity index (χ3n) is 5.02. The van der Waals surface area contributed by atoms with Gasteiger partial charge in [-0.15, -0.1) is 0 Å². The van der Waals surface area contributed by atoms with E-state index in [0.29, 0.717) is 30.7 Å². The molecular weight excluding hydrogens is 360 g/mol. The summed E-state index contributed by atoms with van der Waals surface area (Å²) in [5.41, 5.74) is 0.407. The van der Waals surface area contributed by atoms with Crippen LogP contribution < -0.4 is 15.4 Å². The Bertz CT molecular complexity index is 793. The summed E-state index contributed by atoms with van der Waals surface area (Å²) < 4.78 is 7.16. The molecule has 150 valence electrons. The fourth-order valence-electron chi connectivity index (χ4n) is 3.50. The maximum Gasteiger partial charge on any atom is 0.255 e. The van der Waals surface area contributed by atoms with Crippen molar-refractivity contribution in [3.8, 4) is 5.75 Å². The second-order valence-corrected chi connectivity index (χ2v) is 6.96. The molecule has 0 saturated heterocycles. The molecule has 0 spiro atoms. The molecule has 0 radical (unpaired) electrons. The summed E-state index contributed by atoms with van der Waals surface area (Å²) >= 11 is 0. The van der Waals surface area contributed by atoms with E-state index in [1.165, 1.54) is 7.11 Å². The third kappa shape index (κ3) is 4.89. The molecule has 1 heterocycles. The van der Waals surface area contributed by atoms with Gasteiger partial charge in [0, 0.05) is 31.4 Å². The highest BCUT2D eigenvalue weighted by atomic mass is 16.5. The normalized spacial score (nSPS) is 21.3. The summed E-state index contributed by atoms with van der Waals surface area (Å²) in [5, 5.41) is 16.0. The molecular formula is C20H26N4O4. The highest BCUT2D eigenvalue weighted by molar-refractivity contribution is 5.97. The number of hydrogen-bond acceptors (Lipinski definition) is 5. The number of nitrogens with zero attached hydrogens (tertiary/aromatic N) is 2. The fraction of sp³-hybridized carbons (Fsp3) is 0.450. The number of rotatable bonds is 8. The Morgan fingerprint density at radius 3 is 2.89 bits per heavy atom. The SMILES string of the molecule is COc1ccccc1C(=O)N[C@H]1C[C@H](C(=O)NCCCn2ccnc2)C[C@@H]1O. The van der Waals surface area contributed by atoms with E-state index < -0.39 is 12.1 Å². The van der Waals surface area contributed by atoms with Crippen molar-refractivity contribution >= 4 is 11.8 Å². The Morgan fingerprint density at radius 2 is 2.14 bits per heavy atom. The predicted octanol–water partition coefficient (Wildman–Crippen LogP) is 0.967. The molecule has 3 N–H and O–H groups in total. The smallest absolute Gasteiger partial charge is 0.255 e. The Labute approximate surface area is 163 Å². The van der Waals surface area contributed by atoms with Crippen molar-refractivity contribution in [3.05, 3.63) is 48.5 Å². The zero-order valence-electron chi connectivity index (χ0n) is 15.9. The first kappa shape index (κ1) is 19.9. The minimum atomic E-state index is -0.750. The van der Waals surface area contributed by atoms with Crippen LogP contribution in [0, 0.1) is 5.92 Å². The van der Waals surface area contributed by atoms with Gasteiger partial charge in [0.05, 0.1) is 31.1 Å². The third-order valence-corrected chi connectivity index (χ3v) is 5.02. The summed E-state index contributed by atoms with van der Waals surface area (Å²) in [6.45, 7) is 1.34. The Morgan fingerprint density at radius 1 is 1.32 bits per heavy atom. The predicted molar refractivity (Wildman–Crippen MR) is 103 cm³/mol. The van der Waals surface area contributed by atoms with Crippen molar-refractivity contribution in [2.75, 3.05) is 13.7 Å². The number of amides is 2. The highest BCUT2D eigenvalue weighted by Crippen LogP contribution is 2.27. The van der Waals surface area contributed by atoms with Gasteiger partial charge in [0.2, 0.25) is 5.91 Å². The molecule has 2 amide bonds. The first-order valence-corrected chi connectivity index (χ1v) is 9.44. The van der Waals surface area contributed by atoms with E-state index in [1.54, 1.807) is 36.8 Å². The van der Waals surface area contributed by atoms with Crippen LogP contribution in [0.15, 0.2) is 43.0 Å². The first-order chi connectivity index (χ1) is 13.6. The number of aryl methyl sites for hydroxylation is 1. The van der Waals surface area contributed by atoms with E-state index in [0.717, 1.165) is 13.0 Å². The number of ether oxygens (including phenoxy) is 1. The van der Waals surface area contributed by atoms with Gasteiger partial charge >= 0.3 is 0 Å². The maximum atomic E-state index is 12.5. The minimum Gasteiger partial charge on any atom is -0.496 e. The Balaban J connectivity index is 1.46. The topological polar surface area (TPSA) is 105 Å². The van der Waals surface area contributed by atoms with Crippen LogP contribution in [0.5, 0.6) is 5.75 Å². The lowest BCUT2D eigenvalue weighted by atomic mass is 10.1. The van der Waals surface area contributed by atoms with E-state index in [9.17, 15) is 14.7 Å². The number of benzene rings is 1. The number of imidazole rings is 1. The molecule has 1 aliphatic rings. The molecule has 0 aliphatic heterocycles. The second-order valence-electron chi connectivity index (χ2n) is 6.96. The number of aliphatic hydroxyl groups is 1. The van der Waals surface area contributed by atoms with Crippen LogP contribution in [-0.4, -0.2) is 52.3 Å². The molecule has 0 bridgehead atoms. The molecule has 8 nitrogen and oxygen atoms in total. The zero-order valence-corrected chi connectivity index (χ0v) is 15.9. The zero-order chi connectivity index (χ0) is 19.9. The van der Waals surface area contributed by atoms with Gasteiger partial charge in [-0.3, -0.25) is 9.59 Å². The molecule has 1 saturated carbocycles. The van der Waals surface area contributed by atoms with E-state index in [4.69, 9.17) is 4.74 Å². The molecule has 3 atom stereocenters. The average Bonchev–Trinajstić information content (AvgIpc) is 3.35. The van der Waals surface area contributed by atoms with Crippen LogP contribution in [0.25, 0.3) is 0 Å². The first-order valence-electron chi connectivity index (χ1n) is 9.44. The van der Waals surface area contributed by atoms with Crippen molar-refractivity contribution in [3.63, 3.8) is 0 Å². The van der Waals surface area contributed by atoms with Gasteiger partial charge in [-0.1, -0.05) is 12.1 Å². The molecule has 1 fully saturated rings. The van der Waals surface area contributed by atoms with Crippen LogP contribution >= 0.6 is 0 Å². The van der Waals surface area contributed by atoms with Crippen molar-refractivity contribution in [1.29, 1.82) is 0 Å². The fourth-order valence-corrected chi connectivity index (χ4v) is 3.50. The second kappa shape index (κ2) is 9.36. The minimum absolute atomic E-state index is 0.0845. The van der Waals surface area contributed by atoms with Crippen molar-refractivity contribution in [2.24, 2.45) is 5.92 Å². The number of carbonyl (C=O) groups is 2. The number of aliphatic hydroxyl groups excluding tert-OH is 1. The van der Waals surface area contributed by atoms with Gasteiger partial charge in [0.25, 0.3) is 5.91 Å². The number of hydrogen-bond donors (Lipinski definition) is 3. The van der Waals surface area contributed by atoms with Gasteiger partial charge in [0.1, 0.15) is 5.75 Å². The average molecular weight is 386 g/mol. The summed E-state index contributed by atoms with van der Waals surface area (Å²) in [4.78, 5) is 28.9. The van der Waals surface area contributed by atoms with Crippen LogP contribution in [0.1, 0.15) is 29.6 Å². The van der Waals surface area contributed by atoms with Gasteiger partial charge in [-0.25, -0.2) is 4.98 Å². The van der Waals surface area contributed by atoms with Crippen LogP contribution in [-0.2, 0) is 11.3 Å². The lowest BCUT2D eigenvalue weighted by Gasteiger charge is -2.17. The number of nitrogens with one attached hydrogen (secondary N) is 2. The molecule has 28 heavy (non-hydrogen) atoms.